The average Bonchev–Trinajstić information content (AvgIpc) is 3.66. The number of benzene rings is 2. The number of amides is 3. The molecule has 2 aromatic heterocycles. The third-order valence-corrected chi connectivity index (χ3v) is 11.3. The van der Waals surface area contributed by atoms with Gasteiger partial charge in [0, 0.05) is 94.5 Å². The molecule has 0 spiro atoms. The molecule has 3 amide bonds. The standard InChI is InChI=1S/C40H49N7O6/c1-25-17-27(18-28-6-8-36(48)42-39(28)50)5-7-33(25)46-11-9-26(10-12-46)19-37(49)47-15-13-45(14-16-47)24-32-34(52-3)20-29(21-35(32)53-4)31-23-44(2)40(51)38-30(31)22-41-43-38/h5,7,17,20-23,26,28H,6,8-16,18-19,24H2,1-4H3,(H,41,43)(H,42,48,50). The summed E-state index contributed by atoms with van der Waals surface area (Å²) in [6.07, 6.45) is 7.65. The van der Waals surface area contributed by atoms with Crippen molar-refractivity contribution in [3.8, 4) is 22.6 Å². The van der Waals surface area contributed by atoms with Gasteiger partial charge in [-0.1, -0.05) is 12.1 Å². The summed E-state index contributed by atoms with van der Waals surface area (Å²) < 4.78 is 13.3. The molecule has 0 aliphatic carbocycles. The highest BCUT2D eigenvalue weighted by Crippen LogP contribution is 2.38. The number of hydrogen-bond acceptors (Lipinski definition) is 9. The van der Waals surface area contributed by atoms with E-state index in [0.29, 0.717) is 68.3 Å². The quantitative estimate of drug-likeness (QED) is 0.234. The number of aromatic nitrogens is 3. The van der Waals surface area contributed by atoms with Gasteiger partial charge in [0.1, 0.15) is 17.0 Å². The van der Waals surface area contributed by atoms with Crippen LogP contribution in [-0.2, 0) is 34.4 Å². The minimum atomic E-state index is -0.180. The Morgan fingerprint density at radius 1 is 0.943 bits per heavy atom. The molecule has 0 saturated carbocycles. The molecule has 1 atom stereocenters. The first kappa shape index (κ1) is 36.2. The maximum absolute atomic E-state index is 13.4. The molecule has 0 radical (unpaired) electrons. The van der Waals surface area contributed by atoms with Crippen molar-refractivity contribution >= 4 is 34.3 Å². The Hall–Kier alpha value is -5.17. The van der Waals surface area contributed by atoms with Crippen molar-refractivity contribution < 1.29 is 23.9 Å². The number of methoxy groups -OCH3 is 2. The zero-order chi connectivity index (χ0) is 37.2. The first-order chi connectivity index (χ1) is 25.6. The van der Waals surface area contributed by atoms with Crippen molar-refractivity contribution in [2.24, 2.45) is 18.9 Å². The molecule has 2 aromatic carbocycles. The van der Waals surface area contributed by atoms with Gasteiger partial charge in [-0.25, -0.2) is 0 Å². The van der Waals surface area contributed by atoms with E-state index in [1.807, 2.05) is 23.2 Å². The first-order valence-corrected chi connectivity index (χ1v) is 18.6. The van der Waals surface area contributed by atoms with E-state index in [0.717, 1.165) is 66.7 Å². The minimum Gasteiger partial charge on any atom is -0.496 e. The number of piperazine rings is 1. The Bertz CT molecular complexity index is 2050. The summed E-state index contributed by atoms with van der Waals surface area (Å²) in [4.78, 5) is 56.6. The van der Waals surface area contributed by atoms with Gasteiger partial charge in [0.2, 0.25) is 17.7 Å². The van der Waals surface area contributed by atoms with E-state index >= 15 is 0 Å². The zero-order valence-electron chi connectivity index (χ0n) is 31.1. The monoisotopic (exact) mass is 723 g/mol. The Morgan fingerprint density at radius 2 is 1.66 bits per heavy atom. The van der Waals surface area contributed by atoms with Gasteiger partial charge in [-0.05, 0) is 73.4 Å². The van der Waals surface area contributed by atoms with Gasteiger partial charge in [-0.15, -0.1) is 0 Å². The van der Waals surface area contributed by atoms with Crippen molar-refractivity contribution in [1.29, 1.82) is 0 Å². The van der Waals surface area contributed by atoms with Gasteiger partial charge < -0.3 is 23.8 Å². The molecule has 3 aliphatic heterocycles. The number of pyridine rings is 1. The van der Waals surface area contributed by atoms with Crippen LogP contribution in [0.1, 0.15) is 48.8 Å². The fraction of sp³-hybridized carbons (Fsp3) is 0.475. The van der Waals surface area contributed by atoms with Gasteiger partial charge in [0.05, 0.1) is 26.0 Å². The maximum Gasteiger partial charge on any atom is 0.276 e. The normalized spacial score (nSPS) is 18.8. The molecule has 3 fully saturated rings. The van der Waals surface area contributed by atoms with E-state index in [1.165, 1.54) is 11.3 Å². The Balaban J connectivity index is 0.910. The summed E-state index contributed by atoms with van der Waals surface area (Å²) >= 11 is 0. The molecule has 280 valence electrons. The number of rotatable bonds is 10. The minimum absolute atomic E-state index is 0.140. The second-order valence-corrected chi connectivity index (χ2v) is 14.7. The van der Waals surface area contributed by atoms with Crippen LogP contribution in [0, 0.1) is 18.8 Å². The lowest BCUT2D eigenvalue weighted by Gasteiger charge is -2.37. The summed E-state index contributed by atoms with van der Waals surface area (Å²) in [5.74, 6) is 1.50. The van der Waals surface area contributed by atoms with Crippen molar-refractivity contribution in [2.45, 2.75) is 52.0 Å². The van der Waals surface area contributed by atoms with Gasteiger partial charge in [0.25, 0.3) is 5.56 Å². The number of anilines is 1. The van der Waals surface area contributed by atoms with E-state index in [2.05, 4.69) is 50.4 Å². The number of aromatic amines is 1. The number of hydrogen-bond donors (Lipinski definition) is 2. The number of fused-ring (bicyclic) bond motifs is 1. The lowest BCUT2D eigenvalue weighted by Crippen LogP contribution is -2.49. The topological polar surface area (TPSA) is 142 Å². The lowest BCUT2D eigenvalue weighted by molar-refractivity contribution is -0.136. The molecule has 13 heteroatoms. The maximum atomic E-state index is 13.4. The molecule has 3 saturated heterocycles. The summed E-state index contributed by atoms with van der Waals surface area (Å²) in [5.41, 5.74) is 6.48. The zero-order valence-corrected chi connectivity index (χ0v) is 31.1. The van der Waals surface area contributed by atoms with Crippen molar-refractivity contribution in [2.75, 3.05) is 58.4 Å². The lowest BCUT2D eigenvalue weighted by atomic mass is 9.90. The number of ether oxygens (including phenoxy) is 2. The fourth-order valence-corrected chi connectivity index (χ4v) is 8.23. The van der Waals surface area contributed by atoms with Gasteiger partial charge in [-0.2, -0.15) is 5.10 Å². The van der Waals surface area contributed by atoms with Crippen LogP contribution in [0.4, 0.5) is 5.69 Å². The molecule has 53 heavy (non-hydrogen) atoms. The molecule has 13 nitrogen and oxygen atoms in total. The number of H-pyrrole nitrogens is 1. The third-order valence-electron chi connectivity index (χ3n) is 11.3. The summed E-state index contributed by atoms with van der Waals surface area (Å²) in [6, 6.07) is 10.4. The summed E-state index contributed by atoms with van der Waals surface area (Å²) in [7, 11) is 5.03. The van der Waals surface area contributed by atoms with Crippen LogP contribution in [0.25, 0.3) is 22.0 Å². The van der Waals surface area contributed by atoms with Crippen LogP contribution in [-0.4, -0.2) is 95.8 Å². The second kappa shape index (κ2) is 15.4. The van der Waals surface area contributed by atoms with Crippen molar-refractivity contribution in [3.63, 3.8) is 0 Å². The number of nitrogens with zero attached hydrogens (tertiary/aromatic N) is 5. The summed E-state index contributed by atoms with van der Waals surface area (Å²) in [6.45, 7) is 7.45. The molecule has 5 heterocycles. The number of imide groups is 1. The molecule has 1 unspecified atom stereocenters. The fourth-order valence-electron chi connectivity index (χ4n) is 8.23. The predicted octanol–water partition coefficient (Wildman–Crippen LogP) is 3.80. The number of nitrogens with one attached hydrogen (secondary N) is 2. The van der Waals surface area contributed by atoms with E-state index in [-0.39, 0.29) is 29.2 Å². The molecule has 2 N–H and O–H groups in total. The highest BCUT2D eigenvalue weighted by Gasteiger charge is 2.29. The SMILES string of the molecule is COc1cc(-c2cn(C)c(=O)c3[nH]ncc23)cc(OC)c1CN1CCN(C(=O)CC2CCN(c3ccc(CC4CCC(=O)NC4=O)cc3C)CC2)CC1. The van der Waals surface area contributed by atoms with Gasteiger partial charge >= 0.3 is 0 Å². The van der Waals surface area contributed by atoms with Crippen molar-refractivity contribution in [3.05, 3.63) is 69.8 Å². The smallest absolute Gasteiger partial charge is 0.276 e. The molecular formula is C40H49N7O6. The van der Waals surface area contributed by atoms with E-state index in [1.54, 1.807) is 32.0 Å². The highest BCUT2D eigenvalue weighted by molar-refractivity contribution is 5.98. The number of piperidine rings is 2. The molecular weight excluding hydrogens is 674 g/mol. The Morgan fingerprint density at radius 3 is 2.32 bits per heavy atom. The van der Waals surface area contributed by atoms with E-state index in [4.69, 9.17) is 9.47 Å². The largest absolute Gasteiger partial charge is 0.496 e. The molecule has 3 aliphatic rings. The number of carbonyl (C=O) groups excluding carboxylic acids is 3. The van der Waals surface area contributed by atoms with Gasteiger partial charge in [-0.3, -0.25) is 34.5 Å². The summed E-state index contributed by atoms with van der Waals surface area (Å²) in [5, 5.41) is 10.1. The molecule has 4 aromatic rings. The van der Waals surface area contributed by atoms with E-state index < -0.39 is 0 Å². The highest BCUT2D eigenvalue weighted by atomic mass is 16.5. The third kappa shape index (κ3) is 7.66. The molecule has 0 bridgehead atoms. The van der Waals surface area contributed by atoms with Crippen LogP contribution < -0.4 is 25.2 Å². The van der Waals surface area contributed by atoms with Crippen LogP contribution in [0.3, 0.4) is 0 Å². The van der Waals surface area contributed by atoms with Crippen molar-refractivity contribution in [1.82, 2.24) is 29.9 Å². The van der Waals surface area contributed by atoms with Gasteiger partial charge in [0.15, 0.2) is 0 Å². The second-order valence-electron chi connectivity index (χ2n) is 14.7. The first-order valence-electron chi connectivity index (χ1n) is 18.6. The molecule has 7 rings (SSSR count). The Kier molecular flexibility index (Phi) is 10.5. The predicted molar refractivity (Wildman–Crippen MR) is 202 cm³/mol. The van der Waals surface area contributed by atoms with Crippen LogP contribution in [0.2, 0.25) is 0 Å². The van der Waals surface area contributed by atoms with Crippen LogP contribution >= 0.6 is 0 Å². The number of aryl methyl sites for hydroxylation is 2. The number of carbonyl (C=O) groups is 3. The van der Waals surface area contributed by atoms with E-state index in [9.17, 15) is 19.2 Å². The Labute approximate surface area is 309 Å². The average molecular weight is 724 g/mol. The van der Waals surface area contributed by atoms with Crippen LogP contribution in [0.5, 0.6) is 11.5 Å². The van der Waals surface area contributed by atoms with Crippen LogP contribution in [0.15, 0.2) is 47.5 Å².